The van der Waals surface area contributed by atoms with E-state index < -0.39 is 6.10 Å². The van der Waals surface area contributed by atoms with Gasteiger partial charge in [0, 0.05) is 19.3 Å². The minimum Gasteiger partial charge on any atom is -0.462 e. The topological polar surface area (TPSA) is 78.9 Å². The van der Waals surface area contributed by atoms with Crippen LogP contribution in [0.4, 0.5) is 0 Å². The zero-order valence-electron chi connectivity index (χ0n) is 54.2. The van der Waals surface area contributed by atoms with E-state index in [4.69, 9.17) is 14.2 Å². The van der Waals surface area contributed by atoms with E-state index in [1.165, 1.54) is 199 Å². The maximum atomic E-state index is 12.9. The normalized spacial score (nSPS) is 12.7. The molecule has 0 aliphatic rings. The van der Waals surface area contributed by atoms with Gasteiger partial charge in [0.25, 0.3) is 0 Å². The van der Waals surface area contributed by atoms with Crippen LogP contribution in [0.5, 0.6) is 0 Å². The monoisotopic (exact) mass is 1140 g/mol. The van der Waals surface area contributed by atoms with Crippen LogP contribution >= 0.6 is 0 Å². The van der Waals surface area contributed by atoms with Crippen molar-refractivity contribution >= 4 is 17.9 Å². The third kappa shape index (κ3) is 67.1. The quantitative estimate of drug-likeness (QED) is 0.0261. The third-order valence-corrected chi connectivity index (χ3v) is 15.3. The summed E-state index contributed by atoms with van der Waals surface area (Å²) in [5, 5.41) is 0. The fraction of sp³-hybridized carbons (Fsp3) is 0.750. The van der Waals surface area contributed by atoms with E-state index >= 15 is 0 Å². The lowest BCUT2D eigenvalue weighted by Crippen LogP contribution is -2.30. The number of carbonyl (C=O) groups is 3. The van der Waals surface area contributed by atoms with E-state index in [1.54, 1.807) is 0 Å². The Kier molecular flexibility index (Phi) is 66.7. The van der Waals surface area contributed by atoms with Crippen molar-refractivity contribution in [3.8, 4) is 0 Å². The Morgan fingerprint density at radius 3 is 0.756 bits per heavy atom. The molecule has 0 amide bonds. The molecule has 6 heteroatoms. The number of esters is 3. The number of ether oxygens (including phenoxy) is 3. The molecule has 1 atom stereocenters. The van der Waals surface area contributed by atoms with Crippen molar-refractivity contribution in [2.75, 3.05) is 13.2 Å². The molecule has 0 aliphatic heterocycles. The van der Waals surface area contributed by atoms with Gasteiger partial charge >= 0.3 is 17.9 Å². The van der Waals surface area contributed by atoms with Crippen LogP contribution in [0.1, 0.15) is 348 Å². The fourth-order valence-corrected chi connectivity index (χ4v) is 10.1. The predicted molar refractivity (Wildman–Crippen MR) is 357 cm³/mol. The molecule has 0 heterocycles. The van der Waals surface area contributed by atoms with E-state index in [-0.39, 0.29) is 31.1 Å². The van der Waals surface area contributed by atoms with Crippen LogP contribution in [0.25, 0.3) is 0 Å². The molecule has 0 bridgehead atoms. The molecular formula is C76H132O6. The maximum Gasteiger partial charge on any atom is 0.306 e. The van der Waals surface area contributed by atoms with E-state index in [0.717, 1.165) is 109 Å². The summed E-state index contributed by atoms with van der Waals surface area (Å²) in [6.07, 6.45) is 94.2. The number of rotatable bonds is 64. The first-order chi connectivity index (χ1) is 40.5. The standard InChI is InChI=1S/C76H132O6/c1-4-7-10-13-16-19-22-25-28-31-33-34-35-36-37-38-39-40-41-42-43-46-48-51-54-57-60-63-66-69-75(78)81-72-73(71-80-74(77)68-65-62-59-56-53-50-47-44-30-27-24-21-18-15-12-9-6-3)82-76(79)70-67-64-61-58-55-52-49-45-32-29-26-23-20-17-14-11-8-5-2/h7,10,16,19-20,23,25,28-29,32-34,36-37,39-40,73H,4-6,8-9,11-15,17-18,21-22,24,26-27,30-31,35,38,41-72H2,1-3H3/b10-7-,19-16-,23-20-,28-25-,32-29-,34-33-,37-36-,40-39-. The Labute approximate surface area is 508 Å². The molecule has 0 radical (unpaired) electrons. The second-order valence-electron chi connectivity index (χ2n) is 23.4. The van der Waals surface area contributed by atoms with Gasteiger partial charge in [-0.15, -0.1) is 0 Å². The molecule has 6 nitrogen and oxygen atoms in total. The zero-order chi connectivity index (χ0) is 59.2. The molecule has 0 aromatic rings. The largest absolute Gasteiger partial charge is 0.462 e. The van der Waals surface area contributed by atoms with Crippen molar-refractivity contribution in [2.24, 2.45) is 0 Å². The van der Waals surface area contributed by atoms with E-state index in [0.29, 0.717) is 19.3 Å². The van der Waals surface area contributed by atoms with Gasteiger partial charge in [0.2, 0.25) is 0 Å². The van der Waals surface area contributed by atoms with Crippen LogP contribution in [0.3, 0.4) is 0 Å². The summed E-state index contributed by atoms with van der Waals surface area (Å²) in [6, 6.07) is 0. The van der Waals surface area contributed by atoms with Crippen molar-refractivity contribution in [1.82, 2.24) is 0 Å². The molecule has 0 N–H and O–H groups in total. The van der Waals surface area contributed by atoms with Gasteiger partial charge in [-0.1, -0.05) is 323 Å². The van der Waals surface area contributed by atoms with Gasteiger partial charge in [-0.25, -0.2) is 0 Å². The minimum absolute atomic E-state index is 0.0781. The summed E-state index contributed by atoms with van der Waals surface area (Å²) in [5.74, 6) is -0.872. The number of hydrogen-bond acceptors (Lipinski definition) is 6. The lowest BCUT2D eigenvalue weighted by molar-refractivity contribution is -0.167. The summed E-state index contributed by atoms with van der Waals surface area (Å²) in [7, 11) is 0. The molecule has 0 aliphatic carbocycles. The van der Waals surface area contributed by atoms with Crippen molar-refractivity contribution in [3.63, 3.8) is 0 Å². The first-order valence-corrected chi connectivity index (χ1v) is 35.2. The second kappa shape index (κ2) is 69.8. The fourth-order valence-electron chi connectivity index (χ4n) is 10.1. The average Bonchev–Trinajstić information content (AvgIpc) is 3.47. The number of unbranched alkanes of at least 4 members (excludes halogenated alkanes) is 37. The molecular weight excluding hydrogens is 1010 g/mol. The van der Waals surface area contributed by atoms with E-state index in [9.17, 15) is 14.4 Å². The van der Waals surface area contributed by atoms with Crippen molar-refractivity contribution < 1.29 is 28.6 Å². The van der Waals surface area contributed by atoms with E-state index in [2.05, 4.69) is 118 Å². The van der Waals surface area contributed by atoms with Gasteiger partial charge in [0.15, 0.2) is 6.10 Å². The van der Waals surface area contributed by atoms with Crippen molar-refractivity contribution in [1.29, 1.82) is 0 Å². The Morgan fingerprint density at radius 2 is 0.476 bits per heavy atom. The maximum absolute atomic E-state index is 12.9. The van der Waals surface area contributed by atoms with Gasteiger partial charge in [-0.2, -0.15) is 0 Å². The Morgan fingerprint density at radius 1 is 0.256 bits per heavy atom. The summed E-state index contributed by atoms with van der Waals surface area (Å²) in [4.78, 5) is 38.5. The highest BCUT2D eigenvalue weighted by molar-refractivity contribution is 5.71. The van der Waals surface area contributed by atoms with Gasteiger partial charge in [-0.3, -0.25) is 14.4 Å². The number of carbonyl (C=O) groups excluding carboxylic acids is 3. The minimum atomic E-state index is -0.784. The molecule has 0 saturated carbocycles. The molecule has 82 heavy (non-hydrogen) atoms. The molecule has 0 rings (SSSR count). The van der Waals surface area contributed by atoms with Gasteiger partial charge in [0.05, 0.1) is 0 Å². The molecule has 0 spiro atoms. The highest BCUT2D eigenvalue weighted by Gasteiger charge is 2.19. The number of hydrogen-bond donors (Lipinski definition) is 0. The zero-order valence-corrected chi connectivity index (χ0v) is 54.2. The van der Waals surface area contributed by atoms with Crippen molar-refractivity contribution in [2.45, 2.75) is 354 Å². The molecule has 1 unspecified atom stereocenters. The SMILES string of the molecule is CC/C=C\C/C=C\C/C=C\C/C=C\C/C=C\C/C=C\CCCCCCCCCCCCC(=O)OCC(COC(=O)CCCCCCCCCCCCCCCCCCC)OC(=O)CCCCCCCCC/C=C\C/C=C\CCCCCC. The first kappa shape index (κ1) is 78.3. The molecule has 0 fully saturated rings. The number of allylic oxidation sites excluding steroid dienone is 16. The van der Waals surface area contributed by atoms with Crippen LogP contribution in [-0.4, -0.2) is 37.2 Å². The Bertz CT molecular complexity index is 1590. The van der Waals surface area contributed by atoms with Crippen LogP contribution in [0, 0.1) is 0 Å². The molecule has 0 aromatic heterocycles. The van der Waals surface area contributed by atoms with E-state index in [1.807, 2.05) is 0 Å². The smallest absolute Gasteiger partial charge is 0.306 e. The lowest BCUT2D eigenvalue weighted by Gasteiger charge is -2.18. The predicted octanol–water partition coefficient (Wildman–Crippen LogP) is 24.4. The Hall–Kier alpha value is -3.67. The van der Waals surface area contributed by atoms with Gasteiger partial charge < -0.3 is 14.2 Å². The molecule has 472 valence electrons. The lowest BCUT2D eigenvalue weighted by atomic mass is 10.0. The third-order valence-electron chi connectivity index (χ3n) is 15.3. The summed E-state index contributed by atoms with van der Waals surface area (Å²) in [5.41, 5.74) is 0. The highest BCUT2D eigenvalue weighted by Crippen LogP contribution is 2.17. The average molecular weight is 1140 g/mol. The van der Waals surface area contributed by atoms with Crippen LogP contribution < -0.4 is 0 Å². The van der Waals surface area contributed by atoms with Crippen LogP contribution in [0.15, 0.2) is 97.2 Å². The molecule has 0 saturated heterocycles. The molecule has 0 aromatic carbocycles. The van der Waals surface area contributed by atoms with Gasteiger partial charge in [-0.05, 0) is 103 Å². The Balaban J connectivity index is 4.33. The second-order valence-corrected chi connectivity index (χ2v) is 23.4. The summed E-state index contributed by atoms with van der Waals surface area (Å²) < 4.78 is 17.0. The van der Waals surface area contributed by atoms with Gasteiger partial charge in [0.1, 0.15) is 13.2 Å². The van der Waals surface area contributed by atoms with Crippen LogP contribution in [-0.2, 0) is 28.6 Å². The highest BCUT2D eigenvalue weighted by atomic mass is 16.6. The van der Waals surface area contributed by atoms with Crippen molar-refractivity contribution in [3.05, 3.63) is 97.2 Å². The first-order valence-electron chi connectivity index (χ1n) is 35.2. The summed E-state index contributed by atoms with van der Waals surface area (Å²) >= 11 is 0. The summed E-state index contributed by atoms with van der Waals surface area (Å²) in [6.45, 7) is 6.55. The van der Waals surface area contributed by atoms with Crippen LogP contribution in [0.2, 0.25) is 0 Å².